The molecule has 0 amide bonds. The van der Waals surface area contributed by atoms with Crippen LogP contribution in [0.15, 0.2) is 66.7 Å². The second-order valence-corrected chi connectivity index (χ2v) is 26.8. The first kappa shape index (κ1) is 47.5. The molecule has 3 nitrogen and oxygen atoms in total. The van der Waals surface area contributed by atoms with Crippen LogP contribution in [0, 0.1) is 19.7 Å². The maximum absolute atomic E-state index is 5.40. The SMILES string of the molecule is CC(C)c1cccc(C(C)C)c1[N-]C([N-]c1c(C(C)C)cccc1C(C)C)c1ccccc1.[CH-]1CCCO1.[CH2-][Si](C)(C)C.[CH2-][Si](C)(C)C.[Sc]. The van der Waals surface area contributed by atoms with Crippen molar-refractivity contribution in [3.63, 3.8) is 0 Å². The third-order valence-corrected chi connectivity index (χ3v) is 6.99. The monoisotopic (exact) mass is 730 g/mol. The van der Waals surface area contributed by atoms with Crippen molar-refractivity contribution in [2.45, 2.75) is 137 Å². The fourth-order valence-electron chi connectivity index (χ4n) is 4.79. The Kier molecular flexibility index (Phi) is 22.5. The van der Waals surface area contributed by atoms with E-state index >= 15 is 0 Å². The molecule has 0 aromatic heterocycles. The van der Waals surface area contributed by atoms with Gasteiger partial charge < -0.3 is 28.5 Å². The Balaban J connectivity index is 0.00000119. The molecule has 0 aliphatic carbocycles. The van der Waals surface area contributed by atoms with Crippen molar-refractivity contribution in [2.75, 3.05) is 6.61 Å². The summed E-state index contributed by atoms with van der Waals surface area (Å²) in [6, 6.07) is 23.8. The number of rotatable bonds is 9. The van der Waals surface area contributed by atoms with E-state index in [9.17, 15) is 0 Å². The van der Waals surface area contributed by atoms with E-state index in [2.05, 4.69) is 174 Å². The summed E-state index contributed by atoms with van der Waals surface area (Å²) in [5.41, 5.74) is 8.50. The predicted octanol–water partition coefficient (Wildman–Crippen LogP) is 14.9. The third-order valence-electron chi connectivity index (χ3n) is 6.99. The summed E-state index contributed by atoms with van der Waals surface area (Å²) >= 11 is 0. The van der Waals surface area contributed by atoms with Crippen LogP contribution < -0.4 is 0 Å². The van der Waals surface area contributed by atoms with Crippen LogP contribution in [0.1, 0.15) is 126 Å². The van der Waals surface area contributed by atoms with Crippen molar-refractivity contribution in [3.8, 4) is 0 Å². The molecule has 273 valence electrons. The van der Waals surface area contributed by atoms with E-state index in [1.54, 1.807) is 0 Å². The summed E-state index contributed by atoms with van der Waals surface area (Å²) in [6.45, 7) is 41.9. The molecule has 6 heteroatoms. The summed E-state index contributed by atoms with van der Waals surface area (Å²) in [4.78, 5) is 0. The zero-order valence-corrected chi connectivity index (χ0v) is 37.5. The topological polar surface area (TPSA) is 37.4 Å². The first-order chi connectivity index (χ1) is 22.2. The standard InChI is InChI=1S/C31H40N2.C4H7O.2C4H11Si.Sc/c1-20(2)25-16-12-17-26(21(3)4)29(25)32-31(24-14-10-9-11-15-24)33-30-27(22(5)6)18-13-19-28(30)23(7)8;1-2-4-5-3-1;2*1-5(2,3)4;/h9-23,31H,1-8H3;3H,1-2,4H2;2*1H2,2-4H3;/q-2;3*-1;. The van der Waals surface area contributed by atoms with Crippen molar-refractivity contribution < 1.29 is 30.6 Å². The maximum atomic E-state index is 5.40. The minimum Gasteiger partial charge on any atom is -0.693 e. The molecule has 1 aliphatic heterocycles. The second kappa shape index (κ2) is 23.2. The Hall–Kier alpha value is -1.48. The molecule has 0 unspecified atom stereocenters. The van der Waals surface area contributed by atoms with Gasteiger partial charge in [0.05, 0.1) is 0 Å². The molecule has 3 aromatic carbocycles. The van der Waals surface area contributed by atoms with Crippen molar-refractivity contribution in [1.82, 2.24) is 0 Å². The van der Waals surface area contributed by atoms with Crippen LogP contribution in [0.5, 0.6) is 0 Å². The van der Waals surface area contributed by atoms with E-state index in [1.165, 1.54) is 28.7 Å². The number of ether oxygens (including phenoxy) is 1. The molecule has 0 atom stereocenters. The van der Waals surface area contributed by atoms with Gasteiger partial charge in [0.2, 0.25) is 0 Å². The predicted molar refractivity (Wildman–Crippen MR) is 221 cm³/mol. The van der Waals surface area contributed by atoms with Crippen molar-refractivity contribution in [2.24, 2.45) is 0 Å². The van der Waals surface area contributed by atoms with Crippen molar-refractivity contribution >= 4 is 27.5 Å². The van der Waals surface area contributed by atoms with E-state index in [0.717, 1.165) is 30.0 Å². The minimum atomic E-state index is -0.861. The van der Waals surface area contributed by atoms with Gasteiger partial charge in [-0.25, -0.2) is 6.61 Å². The van der Waals surface area contributed by atoms with Crippen LogP contribution in [-0.2, 0) is 30.6 Å². The average molecular weight is 731 g/mol. The fourth-order valence-corrected chi connectivity index (χ4v) is 4.79. The van der Waals surface area contributed by atoms with Crippen LogP contribution >= 0.6 is 0 Å². The first-order valence-corrected chi connectivity index (χ1v) is 25.5. The molecule has 0 bridgehead atoms. The van der Waals surface area contributed by atoms with E-state index in [-0.39, 0.29) is 32.0 Å². The molecule has 4 rings (SSSR count). The Bertz CT molecular complexity index is 1160. The van der Waals surface area contributed by atoms with Gasteiger partial charge in [0.25, 0.3) is 0 Å². The van der Waals surface area contributed by atoms with Gasteiger partial charge in [-0.2, -0.15) is 12.6 Å². The van der Waals surface area contributed by atoms with Crippen molar-refractivity contribution in [1.29, 1.82) is 0 Å². The molecule has 0 N–H and O–H groups in total. The molecule has 0 saturated carbocycles. The summed E-state index contributed by atoms with van der Waals surface area (Å²) in [5.74, 6) is 1.59. The van der Waals surface area contributed by atoms with Crippen LogP contribution in [-0.4, -0.2) is 22.8 Å². The van der Waals surface area contributed by atoms with Gasteiger partial charge >= 0.3 is 0 Å². The van der Waals surface area contributed by atoms with Crippen LogP contribution in [0.25, 0.3) is 10.6 Å². The average Bonchev–Trinajstić information content (AvgIpc) is 3.56. The van der Waals surface area contributed by atoms with Crippen LogP contribution in [0.2, 0.25) is 39.3 Å². The number of nitrogens with zero attached hydrogens (tertiary/aromatic N) is 2. The van der Waals surface area contributed by atoms with E-state index in [1.807, 2.05) is 6.61 Å². The second-order valence-electron chi connectivity index (χ2n) is 16.5. The molecule has 1 aliphatic rings. The minimum absolute atomic E-state index is 0. The molecular weight excluding hydrogens is 662 g/mol. The Morgan fingerprint density at radius 3 is 1.12 bits per heavy atom. The first-order valence-electron chi connectivity index (χ1n) is 18.1. The molecule has 1 saturated heterocycles. The van der Waals surface area contributed by atoms with Gasteiger partial charge in [-0.1, -0.05) is 196 Å². The van der Waals surface area contributed by atoms with Gasteiger partial charge in [0.1, 0.15) is 0 Å². The van der Waals surface area contributed by atoms with E-state index in [4.69, 9.17) is 15.4 Å². The number of hydrogen-bond donors (Lipinski definition) is 0. The molecule has 0 spiro atoms. The largest absolute Gasteiger partial charge is 0.693 e. The molecule has 49 heavy (non-hydrogen) atoms. The molecule has 1 fully saturated rings. The molecular formula is C43H69N2OScSi2-5. The van der Waals surface area contributed by atoms with E-state index in [0.29, 0.717) is 23.7 Å². The van der Waals surface area contributed by atoms with Gasteiger partial charge in [0, 0.05) is 32.5 Å². The molecule has 1 radical (unpaired) electrons. The van der Waals surface area contributed by atoms with Gasteiger partial charge in [-0.05, 0) is 23.7 Å². The summed E-state index contributed by atoms with van der Waals surface area (Å²) in [6.07, 6.45) is 2.08. The zero-order valence-electron chi connectivity index (χ0n) is 33.7. The van der Waals surface area contributed by atoms with Gasteiger partial charge in [-0.3, -0.25) is 0 Å². The number of hydrogen-bond acceptors (Lipinski definition) is 1. The maximum Gasteiger partial charge on any atom is 0.00878 e. The Morgan fingerprint density at radius 1 is 0.571 bits per heavy atom. The fraction of sp³-hybridized carbons (Fsp3) is 0.512. The van der Waals surface area contributed by atoms with Crippen LogP contribution in [0.4, 0.5) is 11.4 Å². The summed E-state index contributed by atoms with van der Waals surface area (Å²) in [5, 5.41) is 10.8. The summed E-state index contributed by atoms with van der Waals surface area (Å²) in [7, 11) is -1.72. The zero-order chi connectivity index (χ0) is 36.7. The normalized spacial score (nSPS) is 12.8. The Labute approximate surface area is 325 Å². The third kappa shape index (κ3) is 20.2. The van der Waals surface area contributed by atoms with Crippen molar-refractivity contribution in [3.05, 3.63) is 125 Å². The molecule has 1 heterocycles. The van der Waals surface area contributed by atoms with Gasteiger partial charge in [0.15, 0.2) is 0 Å². The number of benzene rings is 3. The number of para-hydroxylation sites is 2. The van der Waals surface area contributed by atoms with Gasteiger partial charge in [-0.15, -0.1) is 27.5 Å². The molecule has 3 aromatic rings. The quantitative estimate of drug-likeness (QED) is 0.160. The Morgan fingerprint density at radius 2 is 0.898 bits per heavy atom. The van der Waals surface area contributed by atoms with E-state index < -0.39 is 16.1 Å². The summed E-state index contributed by atoms with van der Waals surface area (Å²) < 4.78 is 4.82. The smallest absolute Gasteiger partial charge is 0.00878 e. The van der Waals surface area contributed by atoms with Crippen LogP contribution in [0.3, 0.4) is 0 Å².